The van der Waals surface area contributed by atoms with E-state index in [2.05, 4.69) is 0 Å². The van der Waals surface area contributed by atoms with Crippen LogP contribution < -0.4 is 0 Å². The number of nitrogens with zero attached hydrogens (tertiary/aromatic N) is 2. The predicted octanol–water partition coefficient (Wildman–Crippen LogP) is 3.19. The number of halogens is 3. The Morgan fingerprint density at radius 2 is 1.65 bits per heavy atom. The molecule has 1 rings (SSSR count). The van der Waals surface area contributed by atoms with Gasteiger partial charge in [0.05, 0.1) is 15.4 Å². The van der Waals surface area contributed by atoms with Crippen molar-refractivity contribution >= 4 is 51.4 Å². The van der Waals surface area contributed by atoms with Crippen LogP contribution in [0.25, 0.3) is 0 Å². The summed E-state index contributed by atoms with van der Waals surface area (Å²) in [6.07, 6.45) is 0. The summed E-state index contributed by atoms with van der Waals surface area (Å²) in [7, 11) is 0. The van der Waals surface area contributed by atoms with Gasteiger partial charge in [-0.05, 0) is 11.6 Å². The molecule has 0 N–H and O–H groups in total. The smallest absolute Gasteiger partial charge is 0.276 e. The van der Waals surface area contributed by atoms with E-state index in [-0.39, 0.29) is 0 Å². The Kier molecular flexibility index (Phi) is 3.87. The summed E-state index contributed by atoms with van der Waals surface area (Å²) >= 11 is 16.1. The zero-order valence-electron chi connectivity index (χ0n) is 7.65. The Morgan fingerprint density at radius 3 is 2.00 bits per heavy atom. The standard InChI is InChI=1S/C7HCl3N2O5/c8-4-2(7(10)13)1-3(11(14)15)5(9)6(4)12(16)17/h1H. The second-order valence-corrected chi connectivity index (χ2v) is 3.81. The third kappa shape index (κ3) is 2.46. The van der Waals surface area contributed by atoms with E-state index in [0.29, 0.717) is 6.07 Å². The lowest BCUT2D eigenvalue weighted by Gasteiger charge is -2.03. The molecule has 17 heavy (non-hydrogen) atoms. The van der Waals surface area contributed by atoms with Crippen LogP contribution in [0.15, 0.2) is 6.07 Å². The predicted molar refractivity (Wildman–Crippen MR) is 60.0 cm³/mol. The van der Waals surface area contributed by atoms with Gasteiger partial charge in [-0.2, -0.15) is 0 Å². The van der Waals surface area contributed by atoms with Gasteiger partial charge < -0.3 is 0 Å². The Balaban J connectivity index is 3.76. The number of hydrogen-bond acceptors (Lipinski definition) is 5. The molecule has 0 bridgehead atoms. The Labute approximate surface area is 108 Å². The first-order chi connectivity index (χ1) is 7.77. The maximum atomic E-state index is 10.9. The maximum Gasteiger partial charge on any atom is 0.314 e. The summed E-state index contributed by atoms with van der Waals surface area (Å²) in [6.45, 7) is 0. The third-order valence-corrected chi connectivity index (χ3v) is 2.71. The highest BCUT2D eigenvalue weighted by Crippen LogP contribution is 2.41. The maximum absolute atomic E-state index is 10.9. The lowest BCUT2D eigenvalue weighted by Crippen LogP contribution is -2.01. The molecular formula is C7HCl3N2O5. The molecule has 0 aromatic heterocycles. The molecule has 1 aromatic carbocycles. The number of hydrogen-bond donors (Lipinski definition) is 0. The fraction of sp³-hybridized carbons (Fsp3) is 0. The molecule has 7 nitrogen and oxygen atoms in total. The molecule has 0 atom stereocenters. The Morgan fingerprint density at radius 1 is 1.12 bits per heavy atom. The van der Waals surface area contributed by atoms with Crippen LogP contribution >= 0.6 is 34.8 Å². The molecule has 0 saturated heterocycles. The third-order valence-electron chi connectivity index (χ3n) is 1.75. The van der Waals surface area contributed by atoms with Crippen LogP contribution in [0.2, 0.25) is 10.0 Å². The lowest BCUT2D eigenvalue weighted by atomic mass is 10.2. The molecule has 0 amide bonds. The van der Waals surface area contributed by atoms with Gasteiger partial charge >= 0.3 is 5.69 Å². The van der Waals surface area contributed by atoms with Crippen molar-refractivity contribution in [3.8, 4) is 0 Å². The number of nitro groups is 2. The SMILES string of the molecule is O=C(Cl)c1cc([N+](=O)[O-])c(Cl)c([N+](=O)[O-])c1Cl. The van der Waals surface area contributed by atoms with E-state index >= 15 is 0 Å². The minimum absolute atomic E-state index is 0.545. The highest BCUT2D eigenvalue weighted by molar-refractivity contribution is 6.69. The van der Waals surface area contributed by atoms with Gasteiger partial charge in [-0.15, -0.1) is 0 Å². The van der Waals surface area contributed by atoms with Crippen LogP contribution in [-0.2, 0) is 0 Å². The first-order valence-electron chi connectivity index (χ1n) is 3.78. The zero-order chi connectivity index (χ0) is 13.3. The average molecular weight is 299 g/mol. The zero-order valence-corrected chi connectivity index (χ0v) is 9.91. The monoisotopic (exact) mass is 298 g/mol. The fourth-order valence-corrected chi connectivity index (χ4v) is 1.88. The van der Waals surface area contributed by atoms with Gasteiger partial charge in [0.25, 0.3) is 10.9 Å². The molecule has 0 aliphatic rings. The summed E-state index contributed by atoms with van der Waals surface area (Å²) in [6, 6.07) is 0.688. The Bertz CT molecular complexity index is 507. The molecular weight excluding hydrogens is 298 g/mol. The summed E-state index contributed by atoms with van der Waals surface area (Å²) < 4.78 is 0. The molecule has 0 aliphatic carbocycles. The fourth-order valence-electron chi connectivity index (χ4n) is 1.04. The van der Waals surface area contributed by atoms with E-state index < -0.39 is 42.1 Å². The van der Waals surface area contributed by atoms with Crippen molar-refractivity contribution < 1.29 is 14.6 Å². The summed E-state index contributed by atoms with van der Waals surface area (Å²) in [4.78, 5) is 30.2. The van der Waals surface area contributed by atoms with E-state index in [0.717, 1.165) is 0 Å². The van der Waals surface area contributed by atoms with Gasteiger partial charge in [0.1, 0.15) is 5.02 Å². The molecule has 0 spiro atoms. The van der Waals surface area contributed by atoms with Crippen LogP contribution in [0.4, 0.5) is 11.4 Å². The number of carbonyl (C=O) groups excluding carboxylic acids is 1. The molecule has 1 aromatic rings. The van der Waals surface area contributed by atoms with Crippen molar-refractivity contribution in [2.75, 3.05) is 0 Å². The summed E-state index contributed by atoms with van der Waals surface area (Å²) in [5, 5.41) is 18.7. The van der Waals surface area contributed by atoms with Crippen molar-refractivity contribution in [1.29, 1.82) is 0 Å². The molecule has 0 heterocycles. The minimum Gasteiger partial charge on any atom is -0.276 e. The van der Waals surface area contributed by atoms with Gasteiger partial charge in [-0.1, -0.05) is 23.2 Å². The van der Waals surface area contributed by atoms with E-state index in [1.54, 1.807) is 0 Å². The quantitative estimate of drug-likeness (QED) is 0.484. The van der Waals surface area contributed by atoms with Gasteiger partial charge in [-0.3, -0.25) is 25.0 Å². The van der Waals surface area contributed by atoms with Crippen molar-refractivity contribution in [3.63, 3.8) is 0 Å². The van der Waals surface area contributed by atoms with Crippen molar-refractivity contribution in [2.24, 2.45) is 0 Å². The van der Waals surface area contributed by atoms with Crippen molar-refractivity contribution in [3.05, 3.63) is 41.9 Å². The van der Waals surface area contributed by atoms with E-state index in [4.69, 9.17) is 34.8 Å². The second kappa shape index (κ2) is 4.82. The van der Waals surface area contributed by atoms with Crippen LogP contribution in [0.1, 0.15) is 10.4 Å². The van der Waals surface area contributed by atoms with Crippen LogP contribution in [0.5, 0.6) is 0 Å². The number of benzene rings is 1. The van der Waals surface area contributed by atoms with Gasteiger partial charge in [0.2, 0.25) is 0 Å². The highest BCUT2D eigenvalue weighted by atomic mass is 35.5. The van der Waals surface area contributed by atoms with Gasteiger partial charge in [0, 0.05) is 6.07 Å². The van der Waals surface area contributed by atoms with Gasteiger partial charge in [0.15, 0.2) is 5.02 Å². The average Bonchev–Trinajstić information content (AvgIpc) is 2.15. The molecule has 0 fully saturated rings. The highest BCUT2D eigenvalue weighted by Gasteiger charge is 2.31. The lowest BCUT2D eigenvalue weighted by molar-refractivity contribution is -0.393. The molecule has 0 unspecified atom stereocenters. The topological polar surface area (TPSA) is 103 Å². The number of rotatable bonds is 3. The van der Waals surface area contributed by atoms with E-state index in [1.165, 1.54) is 0 Å². The summed E-state index contributed by atoms with van der Waals surface area (Å²) in [5.41, 5.74) is -2.28. The van der Waals surface area contributed by atoms with Crippen LogP contribution in [0, 0.1) is 20.2 Å². The first-order valence-corrected chi connectivity index (χ1v) is 4.91. The second-order valence-electron chi connectivity index (χ2n) is 2.71. The first kappa shape index (κ1) is 13.6. The molecule has 90 valence electrons. The summed E-state index contributed by atoms with van der Waals surface area (Å²) in [5.74, 6) is 0. The number of carbonyl (C=O) groups is 1. The van der Waals surface area contributed by atoms with Crippen molar-refractivity contribution in [1.82, 2.24) is 0 Å². The molecule has 0 radical (unpaired) electrons. The molecule has 10 heteroatoms. The van der Waals surface area contributed by atoms with E-state index in [9.17, 15) is 25.0 Å². The molecule has 0 aliphatic heterocycles. The minimum atomic E-state index is -1.15. The number of nitro benzene ring substituents is 2. The largest absolute Gasteiger partial charge is 0.314 e. The van der Waals surface area contributed by atoms with E-state index in [1.807, 2.05) is 0 Å². The van der Waals surface area contributed by atoms with Crippen LogP contribution in [-0.4, -0.2) is 15.1 Å². The van der Waals surface area contributed by atoms with Crippen molar-refractivity contribution in [2.45, 2.75) is 0 Å². The molecule has 0 saturated carbocycles. The normalized spacial score (nSPS) is 10.1. The van der Waals surface area contributed by atoms with Gasteiger partial charge in [-0.25, -0.2) is 0 Å². The van der Waals surface area contributed by atoms with Crippen LogP contribution in [0.3, 0.4) is 0 Å². The Hall–Kier alpha value is -1.44.